The Balaban J connectivity index is 2.00. The van der Waals surface area contributed by atoms with Gasteiger partial charge in [0, 0.05) is 32.8 Å². The van der Waals surface area contributed by atoms with Crippen molar-refractivity contribution in [2.45, 2.75) is 31.7 Å². The van der Waals surface area contributed by atoms with Crippen LogP contribution in [-0.4, -0.2) is 54.6 Å². The third-order valence-corrected chi connectivity index (χ3v) is 2.82. The fourth-order valence-corrected chi connectivity index (χ4v) is 1.51. The van der Waals surface area contributed by atoms with Crippen molar-refractivity contribution in [3.63, 3.8) is 0 Å². The zero-order valence-electron chi connectivity index (χ0n) is 10.9. The number of aliphatic hydroxyl groups excluding tert-OH is 1. The summed E-state index contributed by atoms with van der Waals surface area (Å²) >= 11 is 0. The van der Waals surface area contributed by atoms with E-state index in [1.165, 1.54) is 12.8 Å². The zero-order chi connectivity index (χ0) is 14.1. The summed E-state index contributed by atoms with van der Waals surface area (Å²) in [6.07, 6.45) is 3.19. The highest BCUT2D eigenvalue weighted by Gasteiger charge is 2.21. The van der Waals surface area contributed by atoms with Crippen LogP contribution in [0.1, 0.15) is 25.7 Å². The molecule has 1 aliphatic rings. The van der Waals surface area contributed by atoms with Crippen LogP contribution in [0.3, 0.4) is 0 Å². The Bertz CT molecular complexity index is 294. The lowest BCUT2D eigenvalue weighted by Gasteiger charge is -2.13. The highest BCUT2D eigenvalue weighted by molar-refractivity contribution is 5.82. The van der Waals surface area contributed by atoms with Gasteiger partial charge >= 0.3 is 12.0 Å². The van der Waals surface area contributed by atoms with Crippen LogP contribution >= 0.6 is 0 Å². The van der Waals surface area contributed by atoms with Crippen LogP contribution in [0.2, 0.25) is 0 Å². The maximum atomic E-state index is 11.4. The first-order valence-corrected chi connectivity index (χ1v) is 6.59. The van der Waals surface area contributed by atoms with E-state index in [4.69, 9.17) is 14.9 Å². The normalized spacial score (nSPS) is 15.8. The molecule has 7 nitrogen and oxygen atoms in total. The molecule has 110 valence electrons. The van der Waals surface area contributed by atoms with Gasteiger partial charge in [-0.25, -0.2) is 9.59 Å². The van der Waals surface area contributed by atoms with Gasteiger partial charge in [0.1, 0.15) is 6.04 Å². The number of nitrogens with one attached hydrogen (secondary N) is 2. The van der Waals surface area contributed by atoms with Crippen molar-refractivity contribution in [3.05, 3.63) is 0 Å². The summed E-state index contributed by atoms with van der Waals surface area (Å²) in [5.74, 6) is -0.428. The summed E-state index contributed by atoms with van der Waals surface area (Å²) < 4.78 is 5.40. The Kier molecular flexibility index (Phi) is 7.20. The van der Waals surface area contributed by atoms with E-state index in [0.717, 1.165) is 12.5 Å². The predicted octanol–water partition coefficient (Wildman–Crippen LogP) is -0.0621. The summed E-state index contributed by atoms with van der Waals surface area (Å²) in [7, 11) is 0. The number of carbonyl (C=O) groups is 2. The van der Waals surface area contributed by atoms with E-state index >= 15 is 0 Å². The van der Waals surface area contributed by atoms with E-state index in [1.807, 2.05) is 0 Å². The Morgan fingerprint density at radius 1 is 1.37 bits per heavy atom. The number of hydrogen-bond donors (Lipinski definition) is 4. The Morgan fingerprint density at radius 3 is 2.68 bits per heavy atom. The number of carbonyl (C=O) groups excluding carboxylic acids is 1. The van der Waals surface area contributed by atoms with Crippen molar-refractivity contribution >= 4 is 12.0 Å². The van der Waals surface area contributed by atoms with Crippen LogP contribution < -0.4 is 10.6 Å². The number of carboxylic acids is 1. The van der Waals surface area contributed by atoms with Gasteiger partial charge in [-0.3, -0.25) is 0 Å². The van der Waals surface area contributed by atoms with Gasteiger partial charge in [-0.2, -0.15) is 0 Å². The number of ether oxygens (including phenoxy) is 1. The number of amides is 2. The summed E-state index contributed by atoms with van der Waals surface area (Å²) in [5, 5.41) is 22.3. The fraction of sp³-hybridized carbons (Fsp3) is 0.833. The summed E-state index contributed by atoms with van der Waals surface area (Å²) in [6.45, 7) is 1.54. The molecule has 1 rings (SSSR count). The molecule has 0 radical (unpaired) electrons. The lowest BCUT2D eigenvalue weighted by atomic mass is 10.2. The first-order chi connectivity index (χ1) is 9.13. The van der Waals surface area contributed by atoms with Crippen molar-refractivity contribution in [2.75, 3.05) is 26.4 Å². The molecular formula is C12H22N2O5. The number of aliphatic carboxylic acids is 1. The molecule has 0 spiro atoms. The number of aliphatic hydroxyl groups is 1. The van der Waals surface area contributed by atoms with Gasteiger partial charge in [0.05, 0.1) is 0 Å². The topological polar surface area (TPSA) is 108 Å². The third-order valence-electron chi connectivity index (χ3n) is 2.82. The number of hydrogen-bond acceptors (Lipinski definition) is 4. The van der Waals surface area contributed by atoms with E-state index in [0.29, 0.717) is 19.6 Å². The molecule has 0 saturated heterocycles. The molecule has 1 fully saturated rings. The maximum absolute atomic E-state index is 11.4. The second-order valence-electron chi connectivity index (χ2n) is 4.68. The minimum Gasteiger partial charge on any atom is -0.480 e. The molecule has 4 N–H and O–H groups in total. The van der Waals surface area contributed by atoms with Crippen LogP contribution in [0.5, 0.6) is 0 Å². The summed E-state index contributed by atoms with van der Waals surface area (Å²) in [4.78, 5) is 22.1. The Hall–Kier alpha value is -1.34. The van der Waals surface area contributed by atoms with E-state index < -0.39 is 18.0 Å². The first kappa shape index (κ1) is 15.7. The monoisotopic (exact) mass is 274 g/mol. The molecule has 1 aliphatic carbocycles. The second kappa shape index (κ2) is 8.71. The van der Waals surface area contributed by atoms with E-state index in [9.17, 15) is 9.59 Å². The predicted molar refractivity (Wildman–Crippen MR) is 67.8 cm³/mol. The number of rotatable bonds is 10. The molecule has 19 heavy (non-hydrogen) atoms. The molecule has 0 bridgehead atoms. The average Bonchev–Trinajstić information content (AvgIpc) is 3.17. The van der Waals surface area contributed by atoms with Crippen LogP contribution in [-0.2, 0) is 9.53 Å². The molecule has 1 atom stereocenters. The van der Waals surface area contributed by atoms with Crippen molar-refractivity contribution in [2.24, 2.45) is 5.92 Å². The molecule has 0 heterocycles. The second-order valence-corrected chi connectivity index (χ2v) is 4.68. The van der Waals surface area contributed by atoms with Crippen LogP contribution in [0.25, 0.3) is 0 Å². The lowest BCUT2D eigenvalue weighted by molar-refractivity contribution is -0.139. The summed E-state index contributed by atoms with van der Waals surface area (Å²) in [5.41, 5.74) is 0. The molecule has 1 saturated carbocycles. The average molecular weight is 274 g/mol. The fourth-order valence-electron chi connectivity index (χ4n) is 1.51. The minimum absolute atomic E-state index is 0.00669. The number of carboxylic acid groups (broad SMARTS) is 1. The van der Waals surface area contributed by atoms with Gasteiger partial charge in [-0.15, -0.1) is 0 Å². The van der Waals surface area contributed by atoms with Gasteiger partial charge in [0.15, 0.2) is 0 Å². The van der Waals surface area contributed by atoms with Crippen molar-refractivity contribution in [3.8, 4) is 0 Å². The quantitative estimate of drug-likeness (QED) is 0.417. The molecule has 0 aliphatic heterocycles. The van der Waals surface area contributed by atoms with Crippen LogP contribution in [0.4, 0.5) is 4.79 Å². The minimum atomic E-state index is -1.16. The summed E-state index contributed by atoms with van der Waals surface area (Å²) in [6, 6.07) is -1.60. The van der Waals surface area contributed by atoms with Crippen molar-refractivity contribution < 1.29 is 24.5 Å². The SMILES string of the molecule is O=C(NCCCOCC1CC1)NC(CCO)C(=O)O. The molecule has 0 aromatic carbocycles. The Morgan fingerprint density at radius 2 is 2.11 bits per heavy atom. The van der Waals surface area contributed by atoms with Gasteiger partial charge < -0.3 is 25.6 Å². The Labute approximate surface area is 112 Å². The standard InChI is InChI=1S/C12H22N2O5/c15-6-4-10(11(16)17)14-12(18)13-5-1-7-19-8-9-2-3-9/h9-10,15H,1-8H2,(H,16,17)(H2,13,14,18). The molecule has 2 amide bonds. The van der Waals surface area contributed by atoms with E-state index in [2.05, 4.69) is 10.6 Å². The van der Waals surface area contributed by atoms with Gasteiger partial charge in [-0.05, 0) is 25.2 Å². The van der Waals surface area contributed by atoms with E-state index in [-0.39, 0.29) is 13.0 Å². The van der Waals surface area contributed by atoms with Crippen molar-refractivity contribution in [1.82, 2.24) is 10.6 Å². The van der Waals surface area contributed by atoms with Crippen LogP contribution in [0.15, 0.2) is 0 Å². The van der Waals surface area contributed by atoms with Gasteiger partial charge in [0.25, 0.3) is 0 Å². The van der Waals surface area contributed by atoms with Gasteiger partial charge in [0.2, 0.25) is 0 Å². The zero-order valence-corrected chi connectivity index (χ0v) is 10.9. The number of urea groups is 1. The molecule has 0 aromatic rings. The highest BCUT2D eigenvalue weighted by Crippen LogP contribution is 2.28. The molecule has 7 heteroatoms. The molecule has 1 unspecified atom stereocenters. The first-order valence-electron chi connectivity index (χ1n) is 6.59. The molecule has 0 aromatic heterocycles. The van der Waals surface area contributed by atoms with E-state index in [1.54, 1.807) is 0 Å². The lowest BCUT2D eigenvalue weighted by Crippen LogP contribution is -2.46. The van der Waals surface area contributed by atoms with Crippen molar-refractivity contribution in [1.29, 1.82) is 0 Å². The maximum Gasteiger partial charge on any atom is 0.326 e. The molecular weight excluding hydrogens is 252 g/mol. The third kappa shape index (κ3) is 7.63. The highest BCUT2D eigenvalue weighted by atomic mass is 16.5. The van der Waals surface area contributed by atoms with Crippen LogP contribution in [0, 0.1) is 5.92 Å². The largest absolute Gasteiger partial charge is 0.480 e. The van der Waals surface area contributed by atoms with Gasteiger partial charge in [-0.1, -0.05) is 0 Å². The smallest absolute Gasteiger partial charge is 0.326 e.